The molecule has 1 aromatic rings. The van der Waals surface area contributed by atoms with Gasteiger partial charge in [-0.15, -0.1) is 0 Å². The molecule has 0 unspecified atom stereocenters. The lowest BCUT2D eigenvalue weighted by Gasteiger charge is -2.36. The predicted octanol–water partition coefficient (Wildman–Crippen LogP) is 3.15. The van der Waals surface area contributed by atoms with E-state index in [0.29, 0.717) is 6.54 Å². The third-order valence-electron chi connectivity index (χ3n) is 4.95. The highest BCUT2D eigenvalue weighted by molar-refractivity contribution is 5.82. The first-order valence-corrected chi connectivity index (χ1v) is 8.47. The summed E-state index contributed by atoms with van der Waals surface area (Å²) < 4.78 is 0. The van der Waals surface area contributed by atoms with E-state index in [0.717, 1.165) is 38.3 Å². The standard InChI is InChI=1S/C19H30N2O/c1-15-4-6-16(7-5-15)8-9-17-10-12-21(13-11-17)18(22)19(2,3)14-20/h4-7,17H,8-14,20H2,1-3H3. The van der Waals surface area contributed by atoms with Gasteiger partial charge in [-0.1, -0.05) is 29.8 Å². The van der Waals surface area contributed by atoms with E-state index in [9.17, 15) is 4.79 Å². The van der Waals surface area contributed by atoms with E-state index in [1.54, 1.807) is 0 Å². The first-order chi connectivity index (χ1) is 10.4. The summed E-state index contributed by atoms with van der Waals surface area (Å²) in [5, 5.41) is 0. The van der Waals surface area contributed by atoms with Crippen molar-refractivity contribution in [2.45, 2.75) is 46.5 Å². The number of likely N-dealkylation sites (tertiary alicyclic amines) is 1. The Balaban J connectivity index is 1.77. The van der Waals surface area contributed by atoms with Gasteiger partial charge in [0.2, 0.25) is 5.91 Å². The Morgan fingerprint density at radius 1 is 1.23 bits per heavy atom. The van der Waals surface area contributed by atoms with E-state index >= 15 is 0 Å². The van der Waals surface area contributed by atoms with Crippen molar-refractivity contribution in [3.63, 3.8) is 0 Å². The van der Waals surface area contributed by atoms with Crippen molar-refractivity contribution < 1.29 is 4.79 Å². The second-order valence-corrected chi connectivity index (χ2v) is 7.35. The molecule has 1 fully saturated rings. The highest BCUT2D eigenvalue weighted by atomic mass is 16.2. The summed E-state index contributed by atoms with van der Waals surface area (Å²) in [7, 11) is 0. The quantitative estimate of drug-likeness (QED) is 0.908. The van der Waals surface area contributed by atoms with Crippen molar-refractivity contribution in [3.8, 4) is 0 Å². The normalized spacial score (nSPS) is 16.8. The maximum absolute atomic E-state index is 12.4. The fraction of sp³-hybridized carbons (Fsp3) is 0.632. The van der Waals surface area contributed by atoms with Crippen LogP contribution in [-0.4, -0.2) is 30.4 Å². The maximum atomic E-state index is 12.4. The number of hydrogen-bond acceptors (Lipinski definition) is 2. The highest BCUT2D eigenvalue weighted by Crippen LogP contribution is 2.26. The molecule has 1 aliphatic rings. The Labute approximate surface area is 134 Å². The lowest BCUT2D eigenvalue weighted by Crippen LogP contribution is -2.47. The van der Waals surface area contributed by atoms with Crippen LogP contribution in [0.15, 0.2) is 24.3 Å². The zero-order valence-electron chi connectivity index (χ0n) is 14.3. The molecule has 0 radical (unpaired) electrons. The molecule has 0 atom stereocenters. The van der Waals surface area contributed by atoms with Crippen LogP contribution in [0.25, 0.3) is 0 Å². The summed E-state index contributed by atoms with van der Waals surface area (Å²) >= 11 is 0. The number of benzene rings is 1. The molecular weight excluding hydrogens is 272 g/mol. The number of carbonyl (C=O) groups excluding carboxylic acids is 1. The van der Waals surface area contributed by atoms with Gasteiger partial charge in [-0.3, -0.25) is 4.79 Å². The SMILES string of the molecule is Cc1ccc(CCC2CCN(C(=O)C(C)(C)CN)CC2)cc1. The molecule has 0 aliphatic carbocycles. The summed E-state index contributed by atoms with van der Waals surface area (Å²) in [6.07, 6.45) is 4.62. The third kappa shape index (κ3) is 4.33. The molecule has 2 rings (SSSR count). The minimum absolute atomic E-state index is 0.215. The van der Waals surface area contributed by atoms with Crippen LogP contribution in [-0.2, 0) is 11.2 Å². The fourth-order valence-electron chi connectivity index (χ4n) is 3.07. The van der Waals surface area contributed by atoms with Crippen LogP contribution in [0.5, 0.6) is 0 Å². The molecule has 2 N–H and O–H groups in total. The predicted molar refractivity (Wildman–Crippen MR) is 91.6 cm³/mol. The summed E-state index contributed by atoms with van der Waals surface area (Å²) in [4.78, 5) is 14.4. The van der Waals surface area contributed by atoms with Gasteiger partial charge >= 0.3 is 0 Å². The molecule has 3 nitrogen and oxygen atoms in total. The topological polar surface area (TPSA) is 46.3 Å². The number of piperidine rings is 1. The highest BCUT2D eigenvalue weighted by Gasteiger charge is 2.32. The number of amides is 1. The van der Waals surface area contributed by atoms with E-state index in [1.165, 1.54) is 17.5 Å². The van der Waals surface area contributed by atoms with Gasteiger partial charge < -0.3 is 10.6 Å². The molecule has 1 aromatic carbocycles. The molecular formula is C19H30N2O. The minimum Gasteiger partial charge on any atom is -0.342 e. The summed E-state index contributed by atoms with van der Waals surface area (Å²) in [5.41, 5.74) is 8.04. The van der Waals surface area contributed by atoms with Gasteiger partial charge in [0.15, 0.2) is 0 Å². The molecule has 1 amide bonds. The number of nitrogens with two attached hydrogens (primary N) is 1. The monoisotopic (exact) mass is 302 g/mol. The zero-order valence-corrected chi connectivity index (χ0v) is 14.3. The van der Waals surface area contributed by atoms with E-state index in [2.05, 4.69) is 31.2 Å². The Morgan fingerprint density at radius 2 is 1.82 bits per heavy atom. The van der Waals surface area contributed by atoms with Crippen LogP contribution in [0.3, 0.4) is 0 Å². The smallest absolute Gasteiger partial charge is 0.229 e. The van der Waals surface area contributed by atoms with Crippen LogP contribution in [0.4, 0.5) is 0 Å². The van der Waals surface area contributed by atoms with Crippen molar-refractivity contribution >= 4 is 5.91 Å². The summed E-state index contributed by atoms with van der Waals surface area (Å²) in [6, 6.07) is 8.84. The molecule has 1 aliphatic heterocycles. The fourth-order valence-corrected chi connectivity index (χ4v) is 3.07. The van der Waals surface area contributed by atoms with Gasteiger partial charge in [-0.25, -0.2) is 0 Å². The second kappa shape index (κ2) is 7.28. The van der Waals surface area contributed by atoms with Gasteiger partial charge in [0.1, 0.15) is 0 Å². The Morgan fingerprint density at radius 3 is 2.36 bits per heavy atom. The van der Waals surface area contributed by atoms with Crippen molar-refractivity contribution in [2.24, 2.45) is 17.1 Å². The average molecular weight is 302 g/mol. The molecule has 1 saturated heterocycles. The second-order valence-electron chi connectivity index (χ2n) is 7.35. The number of hydrogen-bond donors (Lipinski definition) is 1. The van der Waals surface area contributed by atoms with E-state index < -0.39 is 5.41 Å². The third-order valence-corrected chi connectivity index (χ3v) is 4.95. The van der Waals surface area contributed by atoms with Gasteiger partial charge in [0.25, 0.3) is 0 Å². The lowest BCUT2D eigenvalue weighted by molar-refractivity contribution is -0.141. The van der Waals surface area contributed by atoms with Crippen molar-refractivity contribution in [3.05, 3.63) is 35.4 Å². The van der Waals surface area contributed by atoms with Crippen LogP contribution >= 0.6 is 0 Å². The van der Waals surface area contributed by atoms with Gasteiger partial charge in [0.05, 0.1) is 5.41 Å². The Kier molecular flexibility index (Phi) is 5.63. The van der Waals surface area contributed by atoms with Crippen LogP contribution < -0.4 is 5.73 Å². The first kappa shape index (κ1) is 17.0. The molecule has 3 heteroatoms. The van der Waals surface area contributed by atoms with Gasteiger partial charge in [-0.05, 0) is 57.9 Å². The van der Waals surface area contributed by atoms with E-state index in [-0.39, 0.29) is 5.91 Å². The van der Waals surface area contributed by atoms with Gasteiger partial charge in [-0.2, -0.15) is 0 Å². The number of nitrogens with zero attached hydrogens (tertiary/aromatic N) is 1. The van der Waals surface area contributed by atoms with Crippen LogP contribution in [0, 0.1) is 18.3 Å². The van der Waals surface area contributed by atoms with Crippen molar-refractivity contribution in [1.29, 1.82) is 0 Å². The molecule has 0 aromatic heterocycles. The Hall–Kier alpha value is -1.35. The largest absolute Gasteiger partial charge is 0.342 e. The minimum atomic E-state index is -0.422. The zero-order chi connectivity index (χ0) is 16.2. The molecule has 0 saturated carbocycles. The number of rotatable bonds is 5. The lowest BCUT2D eigenvalue weighted by atomic mass is 9.87. The molecule has 22 heavy (non-hydrogen) atoms. The number of aryl methyl sites for hydroxylation is 2. The summed E-state index contributed by atoms with van der Waals surface area (Å²) in [6.45, 7) is 8.21. The van der Waals surface area contributed by atoms with Crippen LogP contribution in [0.1, 0.15) is 44.2 Å². The summed E-state index contributed by atoms with van der Waals surface area (Å²) in [5.74, 6) is 0.957. The molecule has 0 spiro atoms. The van der Waals surface area contributed by atoms with Crippen molar-refractivity contribution in [1.82, 2.24) is 4.90 Å². The van der Waals surface area contributed by atoms with E-state index in [1.807, 2.05) is 18.7 Å². The van der Waals surface area contributed by atoms with Gasteiger partial charge in [0, 0.05) is 19.6 Å². The number of carbonyl (C=O) groups is 1. The average Bonchev–Trinajstić information content (AvgIpc) is 2.54. The maximum Gasteiger partial charge on any atom is 0.229 e. The molecule has 122 valence electrons. The molecule has 1 heterocycles. The Bertz CT molecular complexity index is 485. The van der Waals surface area contributed by atoms with Crippen LogP contribution in [0.2, 0.25) is 0 Å². The van der Waals surface area contributed by atoms with E-state index in [4.69, 9.17) is 5.73 Å². The molecule has 0 bridgehead atoms. The van der Waals surface area contributed by atoms with Crippen molar-refractivity contribution in [2.75, 3.05) is 19.6 Å². The first-order valence-electron chi connectivity index (χ1n) is 8.47.